The van der Waals surface area contributed by atoms with Gasteiger partial charge in [0.05, 0.1) is 33.4 Å². The van der Waals surface area contributed by atoms with Crippen LogP contribution in [0.1, 0.15) is 261 Å². The predicted octanol–water partition coefficient (Wildman–Crippen LogP) is 31.0. The van der Waals surface area contributed by atoms with Crippen LogP contribution < -0.4 is 28.4 Å². The Morgan fingerprint density at radius 3 is 1.01 bits per heavy atom. The lowest BCUT2D eigenvalue weighted by Gasteiger charge is -2.57. The number of aryl methyl sites for hydroxylation is 5. The molecule has 0 aromatic heterocycles. The topological polar surface area (TPSA) is 73.4 Å². The molecule has 0 amide bonds. The van der Waals surface area contributed by atoms with Gasteiger partial charge >= 0.3 is 0 Å². The summed E-state index contributed by atoms with van der Waals surface area (Å²) in [6.07, 6.45) is 30.8. The summed E-state index contributed by atoms with van der Waals surface area (Å²) in [7, 11) is 0. The minimum Gasteiger partial charge on any atom is -0.435 e. The van der Waals surface area contributed by atoms with Gasteiger partial charge in [0.25, 0.3) is 40.4 Å². The molecule has 0 spiro atoms. The fraction of sp³-hybridized carbons (Fsp3) is 0.328. The smallest absolute Gasteiger partial charge is 0.292 e. The van der Waals surface area contributed by atoms with Crippen LogP contribution in [-0.2, 0) is 27.1 Å². The molecule has 14 aromatic carbocycles. The second-order valence-electron chi connectivity index (χ2n) is 44.6. The van der Waals surface area contributed by atoms with E-state index in [-0.39, 0.29) is 21.7 Å². The Labute approximate surface area is 867 Å². The second-order valence-corrected chi connectivity index (χ2v) is 44.6. The largest absolute Gasteiger partial charge is 0.435 e. The molecule has 6 heterocycles. The third-order valence-electron chi connectivity index (χ3n) is 33.7. The Bertz CT molecular complexity index is 7350. The molecule has 146 heavy (non-hydrogen) atoms. The van der Waals surface area contributed by atoms with Crippen molar-refractivity contribution >= 4 is 71.4 Å². The molecule has 6 aliphatic carbocycles. The molecule has 26 rings (SSSR count). The van der Waals surface area contributed by atoms with Crippen molar-refractivity contribution in [2.24, 2.45) is 17.8 Å². The standard InChI is InChI=1S/C29H24NO.C25H28NO.C24H32NO.C22H26NO.C18H20NO.C16H16NO/c1-20-16-21-18-30(22-10-4-3-5-11-22)19-31-28(21)27(17-20)29(2)25-14-8-6-12-23(25)24-13-7-9-15-26(24)29;1-17-7-21-15-26(22-5-3-2-4-6-22)16-27-24(21)23(8-17)25-12-18-9-19(13-25)11-20(10-18)14-25;1-7-23(3,4)19-14-18-16-25(20-12-10-9-11-13-20)17-26-22(18)21(15-19)24(5,6)8-2;1-17-13-18-15-23(19-9-5-3-6-10-19)16-24-21(18)20(14-17)22(2)11-7-4-8-12-22;1-12-13(2)15(4)18-17(14(12)3)10-19(11-20-18)16-8-6-5-7-9-16;1-12-8-13(2)16-14(9-12)10-17(11-18-16)15-6-4-3-5-7-15/h3-18H,19H2,1-2H3;2-8,15,18-20H,9-14,16H2,1H3;9-16H,7-8,17H2,1-6H3;3,5-6,9-10,13-15H,4,7-8,11-12,16H2,1-2H3;5-10H,11H2,1-4H3;3-10H,11H2,1-2H3/q6*+1. The third kappa shape index (κ3) is 20.2. The monoisotopic (exact) mass is 1940 g/mol. The zero-order valence-electron chi connectivity index (χ0n) is 89.0. The van der Waals surface area contributed by atoms with Crippen molar-refractivity contribution < 1.29 is 55.9 Å². The first-order chi connectivity index (χ1) is 70.6. The highest BCUT2D eigenvalue weighted by Crippen LogP contribution is 2.63. The Balaban J connectivity index is 0.000000107. The van der Waals surface area contributed by atoms with Crippen LogP contribution in [0, 0.1) is 80.1 Å². The van der Waals surface area contributed by atoms with Gasteiger partial charge in [0.2, 0.25) is 34.1 Å². The van der Waals surface area contributed by atoms with E-state index in [1.807, 2.05) is 36.4 Å². The molecular formula is C134H146N6O6+6. The second kappa shape index (κ2) is 41.8. The van der Waals surface area contributed by atoms with E-state index in [1.54, 1.807) is 0 Å². The van der Waals surface area contributed by atoms with Crippen LogP contribution >= 0.6 is 0 Å². The lowest BCUT2D eigenvalue weighted by molar-refractivity contribution is -0.476. The van der Waals surface area contributed by atoms with Crippen molar-refractivity contribution in [2.75, 3.05) is 40.4 Å². The van der Waals surface area contributed by atoms with E-state index in [2.05, 4.69) is 437 Å². The van der Waals surface area contributed by atoms with Crippen molar-refractivity contribution in [3.63, 3.8) is 0 Å². The Morgan fingerprint density at radius 2 is 0.603 bits per heavy atom. The molecule has 0 radical (unpaired) electrons. The van der Waals surface area contributed by atoms with E-state index < -0.39 is 0 Å². The predicted molar refractivity (Wildman–Crippen MR) is 598 cm³/mol. The third-order valence-corrected chi connectivity index (χ3v) is 33.7. The van der Waals surface area contributed by atoms with Gasteiger partial charge in [-0.3, -0.25) is 0 Å². The number of para-hydroxylation sites is 6. The summed E-state index contributed by atoms with van der Waals surface area (Å²) in [4.78, 5) is 0. The molecule has 12 heteroatoms. The van der Waals surface area contributed by atoms with E-state index in [0.717, 1.165) is 93.2 Å². The molecule has 0 N–H and O–H groups in total. The van der Waals surface area contributed by atoms with Crippen LogP contribution in [0.25, 0.3) is 11.1 Å². The fourth-order valence-electron chi connectivity index (χ4n) is 24.9. The zero-order valence-corrected chi connectivity index (χ0v) is 89.0. The molecule has 5 fully saturated rings. The van der Waals surface area contributed by atoms with E-state index in [9.17, 15) is 0 Å². The Kier molecular flexibility index (Phi) is 28.4. The van der Waals surface area contributed by atoms with Crippen LogP contribution in [0.4, 0.5) is 34.1 Å². The maximum atomic E-state index is 6.48. The molecule has 12 aliphatic rings. The number of nitrogens with zero attached hydrogens (tertiary/aromatic N) is 6. The van der Waals surface area contributed by atoms with Crippen LogP contribution in [0.2, 0.25) is 0 Å². The van der Waals surface area contributed by atoms with Crippen molar-refractivity contribution in [1.82, 2.24) is 0 Å². The lowest BCUT2D eigenvalue weighted by atomic mass is 9.48. The molecule has 4 bridgehead atoms. The van der Waals surface area contributed by atoms with E-state index in [0.29, 0.717) is 45.8 Å². The van der Waals surface area contributed by atoms with Crippen molar-refractivity contribution in [3.05, 3.63) is 414 Å². The van der Waals surface area contributed by atoms with Gasteiger partial charge in [0.1, 0.15) is 34.5 Å². The molecule has 742 valence electrons. The fourth-order valence-corrected chi connectivity index (χ4v) is 24.9. The SMILES string of the molecule is CCC(C)(C)c1cc2c(c(C(C)(C)CC)c1)OC[N+](c1ccccc1)=C2.Cc1c(C)c(C)c2c(c1C)C=[N+](c1ccccc1)CO2.Cc1cc(C)c2c(c1)C=[N+](c1ccccc1)CO2.Cc1cc2c(c(C3(C)CCCCC3)c1)OC[N+](c1ccccc1)=C2.Cc1cc2c(c(C3(C)c4ccccc4-c4ccccc43)c1)OC[N+](c1ccccc1)=C2.Cc1cc2c(c(C34CC5CC(CC(C5)C3)C4)c1)OC[N+](c1ccccc1)=C2. The number of ether oxygens (including phenoxy) is 6. The van der Waals surface area contributed by atoms with Gasteiger partial charge in [-0.05, 0) is 281 Å². The maximum absolute atomic E-state index is 6.48. The van der Waals surface area contributed by atoms with Gasteiger partial charge in [-0.1, -0.05) is 256 Å². The summed E-state index contributed by atoms with van der Waals surface area (Å²) in [5.41, 5.74) is 38.7. The van der Waals surface area contributed by atoms with Crippen molar-refractivity contribution in [3.8, 4) is 45.6 Å². The molecule has 0 atom stereocenters. The van der Waals surface area contributed by atoms with Gasteiger partial charge in [-0.15, -0.1) is 0 Å². The first-order valence-electron chi connectivity index (χ1n) is 53.4. The molecule has 12 nitrogen and oxygen atoms in total. The highest BCUT2D eigenvalue weighted by Gasteiger charge is 2.54. The Morgan fingerprint density at radius 1 is 0.288 bits per heavy atom. The summed E-state index contributed by atoms with van der Waals surface area (Å²) in [5, 5.41) is 0. The van der Waals surface area contributed by atoms with Gasteiger partial charge < -0.3 is 28.4 Å². The lowest BCUT2D eigenvalue weighted by Crippen LogP contribution is -2.48. The zero-order chi connectivity index (χ0) is 101. The van der Waals surface area contributed by atoms with Gasteiger partial charge in [-0.25, -0.2) is 0 Å². The van der Waals surface area contributed by atoms with Crippen LogP contribution in [0.15, 0.2) is 291 Å². The number of benzene rings is 14. The van der Waals surface area contributed by atoms with Gasteiger partial charge in [-0.2, -0.15) is 27.5 Å². The number of fused-ring (bicyclic) bond motifs is 9. The van der Waals surface area contributed by atoms with E-state index >= 15 is 0 Å². The first-order valence-corrected chi connectivity index (χ1v) is 53.4. The summed E-state index contributed by atoms with van der Waals surface area (Å²) in [6, 6.07) is 103. The summed E-state index contributed by atoms with van der Waals surface area (Å²) in [6.45, 7) is 41.5. The van der Waals surface area contributed by atoms with Gasteiger partial charge in [0.15, 0.2) is 37.3 Å². The molecular weight excluding hydrogens is 1790 g/mol. The molecule has 0 unspecified atom stereocenters. The highest BCUT2D eigenvalue weighted by molar-refractivity contribution is 5.90. The quantitative estimate of drug-likeness (QED) is 0.107. The average Bonchev–Trinajstić information content (AvgIpc) is 1.59. The van der Waals surface area contributed by atoms with Gasteiger partial charge in [0, 0.05) is 100 Å². The van der Waals surface area contributed by atoms with Crippen molar-refractivity contribution in [1.29, 1.82) is 0 Å². The summed E-state index contributed by atoms with van der Waals surface area (Å²) in [5.74, 6) is 9.26. The molecule has 5 saturated carbocycles. The molecule has 0 saturated heterocycles. The summed E-state index contributed by atoms with van der Waals surface area (Å²) < 4.78 is 50.5. The number of rotatable bonds is 13. The van der Waals surface area contributed by atoms with Crippen LogP contribution in [-0.4, -0.2) is 105 Å². The van der Waals surface area contributed by atoms with E-state index in [1.165, 1.54) is 210 Å². The average molecular weight is 1940 g/mol. The first kappa shape index (κ1) is 99.3. The highest BCUT2D eigenvalue weighted by atomic mass is 16.5. The summed E-state index contributed by atoms with van der Waals surface area (Å²) >= 11 is 0. The van der Waals surface area contributed by atoms with E-state index in [4.69, 9.17) is 28.4 Å². The molecule has 14 aromatic rings. The maximum Gasteiger partial charge on any atom is 0.292 e. The van der Waals surface area contributed by atoms with Crippen LogP contribution in [0.5, 0.6) is 34.5 Å². The number of hydrogen-bond donors (Lipinski definition) is 0. The number of hydrogen-bond acceptors (Lipinski definition) is 6. The molecule has 6 aliphatic heterocycles. The minimum atomic E-state index is -0.258. The normalized spacial score (nSPS) is 18.7. The van der Waals surface area contributed by atoms with Crippen molar-refractivity contribution in [2.45, 2.75) is 228 Å². The Hall–Kier alpha value is -14.1. The minimum absolute atomic E-state index is 0.0900. The van der Waals surface area contributed by atoms with Crippen LogP contribution in [0.3, 0.4) is 0 Å².